The number of benzene rings is 6. The fraction of sp³-hybridized carbons (Fsp3) is 0.0769. The molecule has 0 spiro atoms. The Morgan fingerprint density at radius 1 is 0.488 bits per heavy atom. The second-order valence-corrected chi connectivity index (χ2v) is 11.5. The first-order chi connectivity index (χ1) is 20.1. The molecule has 0 aliphatic heterocycles. The molecule has 0 saturated heterocycles. The quantitative estimate of drug-likeness (QED) is 0.246. The molecule has 6 aromatic carbocycles. The van der Waals surface area contributed by atoms with Gasteiger partial charge in [0.15, 0.2) is 0 Å². The Labute approximate surface area is 239 Å². The van der Waals surface area contributed by atoms with Crippen LogP contribution in [0, 0.1) is 0 Å². The van der Waals surface area contributed by atoms with Crippen molar-refractivity contribution < 1.29 is 4.42 Å². The van der Waals surface area contributed by atoms with E-state index in [9.17, 15) is 0 Å². The monoisotopic (exact) mass is 527 g/mol. The minimum absolute atomic E-state index is 0.0484. The first kappa shape index (κ1) is 23.8. The van der Waals surface area contributed by atoms with Gasteiger partial charge in [-0.1, -0.05) is 105 Å². The summed E-state index contributed by atoms with van der Waals surface area (Å²) in [5, 5.41) is 5.94. The predicted octanol–water partition coefficient (Wildman–Crippen LogP) is 11.0. The zero-order valence-electron chi connectivity index (χ0n) is 23.1. The lowest BCUT2D eigenvalue weighted by molar-refractivity contribution is 0.662. The maximum Gasteiger partial charge on any atom is 0.136 e. The van der Waals surface area contributed by atoms with Gasteiger partial charge in [-0.05, 0) is 87.0 Å². The number of hydrogen-bond donors (Lipinski definition) is 1. The van der Waals surface area contributed by atoms with E-state index in [1.165, 1.54) is 33.4 Å². The summed E-state index contributed by atoms with van der Waals surface area (Å²) >= 11 is 0. The Balaban J connectivity index is 1.09. The molecule has 1 aliphatic rings. The average Bonchev–Trinajstić information content (AvgIpc) is 3.50. The van der Waals surface area contributed by atoms with Crippen molar-refractivity contribution >= 4 is 33.3 Å². The van der Waals surface area contributed by atoms with Crippen molar-refractivity contribution in [2.75, 3.05) is 5.32 Å². The van der Waals surface area contributed by atoms with E-state index in [1.807, 2.05) is 12.1 Å². The van der Waals surface area contributed by atoms with Gasteiger partial charge in [0.1, 0.15) is 11.2 Å². The number of hydrogen-bond acceptors (Lipinski definition) is 2. The highest BCUT2D eigenvalue weighted by Crippen LogP contribution is 2.52. The van der Waals surface area contributed by atoms with Crippen LogP contribution in [-0.4, -0.2) is 0 Å². The fourth-order valence-electron chi connectivity index (χ4n) is 6.67. The van der Waals surface area contributed by atoms with Crippen LogP contribution in [-0.2, 0) is 5.41 Å². The molecule has 0 atom stereocenters. The van der Waals surface area contributed by atoms with E-state index < -0.39 is 0 Å². The van der Waals surface area contributed by atoms with E-state index >= 15 is 0 Å². The van der Waals surface area contributed by atoms with Crippen LogP contribution in [0.3, 0.4) is 0 Å². The van der Waals surface area contributed by atoms with Gasteiger partial charge in [0.25, 0.3) is 0 Å². The fourth-order valence-corrected chi connectivity index (χ4v) is 6.67. The summed E-state index contributed by atoms with van der Waals surface area (Å²) in [5.41, 5.74) is 14.3. The molecule has 1 aliphatic carbocycles. The van der Waals surface area contributed by atoms with Crippen molar-refractivity contribution in [3.05, 3.63) is 145 Å². The summed E-state index contributed by atoms with van der Waals surface area (Å²) in [7, 11) is 0. The lowest BCUT2D eigenvalue weighted by Gasteiger charge is -2.24. The lowest BCUT2D eigenvalue weighted by Crippen LogP contribution is -2.16. The molecular formula is C39H29NO. The lowest BCUT2D eigenvalue weighted by atomic mass is 9.79. The van der Waals surface area contributed by atoms with Gasteiger partial charge in [-0.3, -0.25) is 0 Å². The Hall–Kier alpha value is -5.08. The van der Waals surface area contributed by atoms with Crippen LogP contribution < -0.4 is 5.32 Å². The van der Waals surface area contributed by atoms with Gasteiger partial charge in [-0.15, -0.1) is 0 Å². The summed E-state index contributed by atoms with van der Waals surface area (Å²) in [6.45, 7) is 4.69. The number of nitrogens with one attached hydrogen (secondary N) is 1. The second kappa shape index (κ2) is 8.97. The summed E-state index contributed by atoms with van der Waals surface area (Å²) in [5.74, 6) is 0. The number of rotatable bonds is 4. The topological polar surface area (TPSA) is 25.2 Å². The van der Waals surface area contributed by atoms with Gasteiger partial charge < -0.3 is 9.73 Å². The minimum atomic E-state index is -0.0484. The summed E-state index contributed by atoms with van der Waals surface area (Å²) < 4.78 is 6.11. The van der Waals surface area contributed by atoms with E-state index in [0.29, 0.717) is 0 Å². The number of anilines is 2. The third kappa shape index (κ3) is 3.79. The zero-order chi connectivity index (χ0) is 27.6. The van der Waals surface area contributed by atoms with Crippen LogP contribution in [0.2, 0.25) is 0 Å². The molecule has 0 unspecified atom stereocenters. The van der Waals surface area contributed by atoms with Crippen molar-refractivity contribution in [1.29, 1.82) is 0 Å². The van der Waals surface area contributed by atoms with Gasteiger partial charge in [0.2, 0.25) is 0 Å². The first-order valence-corrected chi connectivity index (χ1v) is 14.2. The molecule has 196 valence electrons. The molecule has 1 N–H and O–H groups in total. The molecule has 0 saturated carbocycles. The van der Waals surface area contributed by atoms with Gasteiger partial charge in [-0.2, -0.15) is 0 Å². The molecule has 1 heterocycles. The maximum atomic E-state index is 6.11. The molecule has 0 fully saturated rings. The molecule has 2 heteroatoms. The van der Waals surface area contributed by atoms with Crippen LogP contribution in [0.1, 0.15) is 25.0 Å². The van der Waals surface area contributed by atoms with Gasteiger partial charge in [0.05, 0.1) is 0 Å². The smallest absolute Gasteiger partial charge is 0.136 e. The highest BCUT2D eigenvalue weighted by Gasteiger charge is 2.37. The minimum Gasteiger partial charge on any atom is -0.456 e. The molecule has 8 rings (SSSR count). The molecule has 7 aromatic rings. The van der Waals surface area contributed by atoms with E-state index in [2.05, 4.69) is 140 Å². The molecular weight excluding hydrogens is 498 g/mol. The SMILES string of the molecule is CC1(C)c2ccccc2-c2cccc(-c3cccc(Nc4ccc(-c5ccc6c(c5)oc5ccccc56)cc4)c3)c21. The van der Waals surface area contributed by atoms with Crippen LogP contribution in [0.15, 0.2) is 138 Å². The number of fused-ring (bicyclic) bond motifs is 6. The third-order valence-electron chi connectivity index (χ3n) is 8.64. The van der Waals surface area contributed by atoms with Crippen molar-refractivity contribution in [2.24, 2.45) is 0 Å². The van der Waals surface area contributed by atoms with Crippen molar-refractivity contribution in [2.45, 2.75) is 19.3 Å². The first-order valence-electron chi connectivity index (χ1n) is 14.2. The number of furan rings is 1. The van der Waals surface area contributed by atoms with Crippen LogP contribution in [0.25, 0.3) is 55.3 Å². The van der Waals surface area contributed by atoms with Gasteiger partial charge in [-0.25, -0.2) is 0 Å². The largest absolute Gasteiger partial charge is 0.456 e. The summed E-state index contributed by atoms with van der Waals surface area (Å²) in [6.07, 6.45) is 0. The van der Waals surface area contributed by atoms with Crippen LogP contribution in [0.4, 0.5) is 11.4 Å². The van der Waals surface area contributed by atoms with E-state index in [-0.39, 0.29) is 5.41 Å². The number of para-hydroxylation sites is 1. The Morgan fingerprint density at radius 2 is 1.20 bits per heavy atom. The average molecular weight is 528 g/mol. The normalized spacial score (nSPS) is 13.3. The zero-order valence-corrected chi connectivity index (χ0v) is 23.1. The van der Waals surface area contributed by atoms with Gasteiger partial charge in [0, 0.05) is 27.6 Å². The van der Waals surface area contributed by atoms with Crippen LogP contribution >= 0.6 is 0 Å². The summed E-state index contributed by atoms with van der Waals surface area (Å²) in [4.78, 5) is 0. The molecule has 0 amide bonds. The molecule has 0 bridgehead atoms. The molecule has 1 aromatic heterocycles. The molecule has 2 nitrogen and oxygen atoms in total. The summed E-state index contributed by atoms with van der Waals surface area (Å²) in [6, 6.07) is 47.6. The highest BCUT2D eigenvalue weighted by molar-refractivity contribution is 6.05. The Morgan fingerprint density at radius 3 is 2.10 bits per heavy atom. The molecule has 0 radical (unpaired) electrons. The predicted molar refractivity (Wildman–Crippen MR) is 172 cm³/mol. The standard InChI is InChI=1S/C39H29NO/c1-39(2)35-15-5-3-11-31(35)34-14-8-13-30(38(34)39)27-9-7-10-29(23-27)40-28-20-17-25(18-21-28)26-19-22-33-32-12-4-6-16-36(32)41-37(33)24-26/h3-24,40H,1-2H3. The van der Waals surface area contributed by atoms with Gasteiger partial charge >= 0.3 is 0 Å². The van der Waals surface area contributed by atoms with Crippen molar-refractivity contribution in [3.63, 3.8) is 0 Å². The van der Waals surface area contributed by atoms with Crippen molar-refractivity contribution in [3.8, 4) is 33.4 Å². The van der Waals surface area contributed by atoms with Crippen molar-refractivity contribution in [1.82, 2.24) is 0 Å². The van der Waals surface area contributed by atoms with E-state index in [1.54, 1.807) is 0 Å². The third-order valence-corrected chi connectivity index (χ3v) is 8.64. The Kier molecular flexibility index (Phi) is 5.20. The van der Waals surface area contributed by atoms with Crippen LogP contribution in [0.5, 0.6) is 0 Å². The Bertz CT molecular complexity index is 2100. The van der Waals surface area contributed by atoms with E-state index in [0.717, 1.165) is 44.4 Å². The second-order valence-electron chi connectivity index (χ2n) is 11.5. The maximum absolute atomic E-state index is 6.11. The van der Waals surface area contributed by atoms with E-state index in [4.69, 9.17) is 4.42 Å². The molecule has 41 heavy (non-hydrogen) atoms. The highest BCUT2D eigenvalue weighted by atomic mass is 16.3.